The predicted molar refractivity (Wildman–Crippen MR) is 90.8 cm³/mol. The van der Waals surface area contributed by atoms with Gasteiger partial charge in [0.25, 0.3) is 0 Å². The molecule has 4 rings (SSSR count). The van der Waals surface area contributed by atoms with Crippen molar-refractivity contribution in [1.82, 2.24) is 0 Å². The molecule has 0 radical (unpaired) electrons. The lowest BCUT2D eigenvalue weighted by molar-refractivity contribution is 0.0953. The highest BCUT2D eigenvalue weighted by atomic mass is 19.1. The van der Waals surface area contributed by atoms with E-state index >= 15 is 0 Å². The first-order chi connectivity index (χ1) is 11.7. The van der Waals surface area contributed by atoms with E-state index in [0.717, 1.165) is 21.5 Å². The standard InChI is InChI=1S/C20H12F2O2/c21-9-17(23)13-5-3-11-1-2-12-4-6-14(18(24)10-22)16-8-7-15(13)19(11)20(12)16/h1-8H,9-10H2. The van der Waals surface area contributed by atoms with E-state index < -0.39 is 24.9 Å². The maximum atomic E-state index is 12.9. The first-order valence-electron chi connectivity index (χ1n) is 7.54. The Bertz CT molecular complexity index is 1030. The highest BCUT2D eigenvalue weighted by Gasteiger charge is 2.18. The van der Waals surface area contributed by atoms with Gasteiger partial charge in [0.05, 0.1) is 0 Å². The smallest absolute Gasteiger partial charge is 0.194 e. The SMILES string of the molecule is O=C(CF)c1ccc2ccc3ccc(C(=O)CF)c4ccc1c2c34. The summed E-state index contributed by atoms with van der Waals surface area (Å²) in [5.41, 5.74) is 0.642. The molecule has 4 heteroatoms. The van der Waals surface area contributed by atoms with Crippen LogP contribution in [0.15, 0.2) is 48.5 Å². The Morgan fingerprint density at radius 1 is 0.625 bits per heavy atom. The summed E-state index contributed by atoms with van der Waals surface area (Å²) < 4.78 is 25.7. The molecule has 0 fully saturated rings. The van der Waals surface area contributed by atoms with Crippen molar-refractivity contribution >= 4 is 43.9 Å². The highest BCUT2D eigenvalue weighted by Crippen LogP contribution is 2.37. The van der Waals surface area contributed by atoms with Crippen LogP contribution in [-0.2, 0) is 0 Å². The van der Waals surface area contributed by atoms with Gasteiger partial charge in [0, 0.05) is 11.1 Å². The van der Waals surface area contributed by atoms with Gasteiger partial charge >= 0.3 is 0 Å². The predicted octanol–water partition coefficient (Wildman–Crippen LogP) is 4.89. The fourth-order valence-electron chi connectivity index (χ4n) is 3.43. The molecule has 4 aromatic carbocycles. The number of hydrogen-bond acceptors (Lipinski definition) is 2. The number of carbonyl (C=O) groups excluding carboxylic acids is 2. The Morgan fingerprint density at radius 2 is 1.00 bits per heavy atom. The summed E-state index contributed by atoms with van der Waals surface area (Å²) in [5, 5.41) is 4.69. The molecule has 0 aliphatic rings. The van der Waals surface area contributed by atoms with Crippen LogP contribution in [0, 0.1) is 0 Å². The molecule has 0 saturated heterocycles. The molecule has 0 N–H and O–H groups in total. The second kappa shape index (κ2) is 5.34. The second-order valence-electron chi connectivity index (χ2n) is 5.76. The first kappa shape index (κ1) is 14.7. The van der Waals surface area contributed by atoms with Crippen LogP contribution in [-0.4, -0.2) is 24.9 Å². The zero-order valence-electron chi connectivity index (χ0n) is 12.6. The number of hydrogen-bond donors (Lipinski definition) is 0. The van der Waals surface area contributed by atoms with Gasteiger partial charge in [-0.15, -0.1) is 0 Å². The molecule has 0 saturated carbocycles. The molecule has 0 heterocycles. The van der Waals surface area contributed by atoms with Gasteiger partial charge in [0.1, 0.15) is 0 Å². The summed E-state index contributed by atoms with van der Waals surface area (Å²) in [5.74, 6) is -1.15. The van der Waals surface area contributed by atoms with Crippen LogP contribution in [0.2, 0.25) is 0 Å². The normalized spacial score (nSPS) is 11.6. The Morgan fingerprint density at radius 3 is 1.38 bits per heavy atom. The van der Waals surface area contributed by atoms with Crippen LogP contribution >= 0.6 is 0 Å². The van der Waals surface area contributed by atoms with Crippen molar-refractivity contribution in [2.75, 3.05) is 13.3 Å². The molecule has 0 unspecified atom stereocenters. The van der Waals surface area contributed by atoms with Crippen molar-refractivity contribution in [2.45, 2.75) is 0 Å². The van der Waals surface area contributed by atoms with E-state index in [9.17, 15) is 18.4 Å². The lowest BCUT2D eigenvalue weighted by Crippen LogP contribution is -2.04. The van der Waals surface area contributed by atoms with Gasteiger partial charge in [-0.1, -0.05) is 48.5 Å². The van der Waals surface area contributed by atoms with E-state index in [0.29, 0.717) is 21.9 Å². The largest absolute Gasteiger partial charge is 0.291 e. The van der Waals surface area contributed by atoms with E-state index in [1.165, 1.54) is 0 Å². The van der Waals surface area contributed by atoms with Crippen molar-refractivity contribution in [1.29, 1.82) is 0 Å². The maximum Gasteiger partial charge on any atom is 0.194 e. The van der Waals surface area contributed by atoms with Crippen LogP contribution in [0.1, 0.15) is 20.7 Å². The molecule has 118 valence electrons. The van der Waals surface area contributed by atoms with Crippen LogP contribution in [0.3, 0.4) is 0 Å². The van der Waals surface area contributed by atoms with E-state index in [1.807, 2.05) is 12.1 Å². The summed E-state index contributed by atoms with van der Waals surface area (Å²) in [4.78, 5) is 23.8. The summed E-state index contributed by atoms with van der Waals surface area (Å²) in [6.45, 7) is -2.12. The molecule has 0 atom stereocenters. The van der Waals surface area contributed by atoms with Crippen molar-refractivity contribution in [3.63, 3.8) is 0 Å². The number of Topliss-reactive ketones (excluding diaryl/α,β-unsaturated/α-hetero) is 2. The van der Waals surface area contributed by atoms with E-state index in [-0.39, 0.29) is 0 Å². The highest BCUT2D eigenvalue weighted by molar-refractivity contribution is 6.29. The van der Waals surface area contributed by atoms with E-state index in [1.54, 1.807) is 36.4 Å². The minimum atomic E-state index is -1.06. The lowest BCUT2D eigenvalue weighted by Gasteiger charge is -2.14. The Balaban J connectivity index is 2.21. The molecule has 4 aromatic rings. The minimum absolute atomic E-state index is 0.321. The molecule has 0 aliphatic heterocycles. The van der Waals surface area contributed by atoms with Crippen molar-refractivity contribution in [3.05, 3.63) is 59.7 Å². The van der Waals surface area contributed by atoms with Crippen LogP contribution in [0.4, 0.5) is 8.78 Å². The Hall–Kier alpha value is -2.88. The number of halogens is 2. The number of carbonyl (C=O) groups is 2. The average molecular weight is 322 g/mol. The third-order valence-electron chi connectivity index (χ3n) is 4.51. The van der Waals surface area contributed by atoms with Gasteiger partial charge < -0.3 is 0 Å². The van der Waals surface area contributed by atoms with Gasteiger partial charge in [-0.25, -0.2) is 8.78 Å². The second-order valence-corrected chi connectivity index (χ2v) is 5.76. The van der Waals surface area contributed by atoms with E-state index in [4.69, 9.17) is 0 Å². The lowest BCUT2D eigenvalue weighted by atomic mass is 9.88. The minimum Gasteiger partial charge on any atom is -0.291 e. The fourth-order valence-corrected chi connectivity index (χ4v) is 3.43. The molecule has 0 bridgehead atoms. The van der Waals surface area contributed by atoms with Gasteiger partial charge in [-0.2, -0.15) is 0 Å². The summed E-state index contributed by atoms with van der Waals surface area (Å²) in [6, 6.07) is 14.1. The van der Waals surface area contributed by atoms with Crippen molar-refractivity contribution in [3.8, 4) is 0 Å². The van der Waals surface area contributed by atoms with Gasteiger partial charge in [0.15, 0.2) is 24.9 Å². The number of rotatable bonds is 4. The molecular weight excluding hydrogens is 310 g/mol. The number of ketones is 2. The van der Waals surface area contributed by atoms with Crippen LogP contribution in [0.5, 0.6) is 0 Å². The molecular formula is C20H12F2O2. The van der Waals surface area contributed by atoms with Crippen molar-refractivity contribution < 1.29 is 18.4 Å². The first-order valence-corrected chi connectivity index (χ1v) is 7.54. The molecule has 0 spiro atoms. The molecule has 0 amide bonds. The van der Waals surface area contributed by atoms with Crippen LogP contribution < -0.4 is 0 Å². The van der Waals surface area contributed by atoms with Crippen LogP contribution in [0.25, 0.3) is 32.3 Å². The topological polar surface area (TPSA) is 34.1 Å². The number of benzene rings is 4. The molecule has 24 heavy (non-hydrogen) atoms. The monoisotopic (exact) mass is 322 g/mol. The Kier molecular flexibility index (Phi) is 3.27. The van der Waals surface area contributed by atoms with Gasteiger partial charge in [0.2, 0.25) is 0 Å². The molecule has 0 aromatic heterocycles. The zero-order valence-corrected chi connectivity index (χ0v) is 12.6. The third kappa shape index (κ3) is 1.92. The van der Waals surface area contributed by atoms with Crippen molar-refractivity contribution in [2.24, 2.45) is 0 Å². The molecule has 0 aliphatic carbocycles. The van der Waals surface area contributed by atoms with E-state index in [2.05, 4.69) is 0 Å². The zero-order chi connectivity index (χ0) is 16.8. The fraction of sp³-hybridized carbons (Fsp3) is 0.100. The third-order valence-corrected chi connectivity index (χ3v) is 4.51. The Labute approximate surface area is 136 Å². The maximum absolute atomic E-state index is 12.9. The average Bonchev–Trinajstić information content (AvgIpc) is 2.64. The molecule has 2 nitrogen and oxygen atoms in total. The summed E-state index contributed by atoms with van der Waals surface area (Å²) in [7, 11) is 0. The number of alkyl halides is 2. The summed E-state index contributed by atoms with van der Waals surface area (Å²) in [6.07, 6.45) is 0. The quantitative estimate of drug-likeness (QED) is 0.396. The summed E-state index contributed by atoms with van der Waals surface area (Å²) >= 11 is 0. The van der Waals surface area contributed by atoms with Gasteiger partial charge in [-0.3, -0.25) is 9.59 Å². The van der Waals surface area contributed by atoms with Gasteiger partial charge in [-0.05, 0) is 32.3 Å².